The number of anilines is 1. The number of carboxylic acid groups (broad SMARTS) is 1. The highest BCUT2D eigenvalue weighted by atomic mass is 19.3. The van der Waals surface area contributed by atoms with E-state index in [0.717, 1.165) is 7.11 Å². The lowest BCUT2D eigenvalue weighted by molar-refractivity contribution is -0.384. The molecule has 0 bridgehead atoms. The topological polar surface area (TPSA) is 128 Å². The number of carbonyl (C=O) groups excluding carboxylic acids is 1. The van der Waals surface area contributed by atoms with Crippen LogP contribution in [0.25, 0.3) is 0 Å². The highest BCUT2D eigenvalue weighted by molar-refractivity contribution is 5.92. The summed E-state index contributed by atoms with van der Waals surface area (Å²) in [7, 11) is 1.09. The van der Waals surface area contributed by atoms with E-state index in [1.165, 1.54) is 0 Å². The van der Waals surface area contributed by atoms with Crippen molar-refractivity contribution < 1.29 is 37.9 Å². The van der Waals surface area contributed by atoms with Gasteiger partial charge in [0.05, 0.1) is 17.6 Å². The molecule has 0 amide bonds. The van der Waals surface area contributed by atoms with Crippen molar-refractivity contribution in [3.8, 4) is 5.75 Å². The average molecular weight is 348 g/mol. The summed E-state index contributed by atoms with van der Waals surface area (Å²) >= 11 is 0. The van der Waals surface area contributed by atoms with Crippen LogP contribution in [0.3, 0.4) is 0 Å². The number of nitrogens with zero attached hydrogens (tertiary/aromatic N) is 1. The van der Waals surface area contributed by atoms with E-state index < -0.39 is 52.2 Å². The average Bonchev–Trinajstić information content (AvgIpc) is 2.51. The molecule has 0 aliphatic rings. The number of carbonyl (C=O) groups is 2. The zero-order valence-electron chi connectivity index (χ0n) is 12.6. The quantitative estimate of drug-likeness (QED) is 0.416. The molecule has 0 radical (unpaired) electrons. The fraction of sp³-hybridized carbons (Fsp3) is 0.385. The number of carboxylic acids is 1. The number of nitro groups is 1. The SMILES string of the molecule is CCC(Nc1c(OC(F)F)cc(C(=O)O)cc1[N+](=O)[O-])C(=O)OC. The van der Waals surface area contributed by atoms with E-state index in [4.69, 9.17) is 5.11 Å². The van der Waals surface area contributed by atoms with E-state index in [-0.39, 0.29) is 6.42 Å². The first-order valence-corrected chi connectivity index (χ1v) is 6.56. The third-order valence-electron chi connectivity index (χ3n) is 2.95. The predicted molar refractivity (Wildman–Crippen MR) is 76.4 cm³/mol. The van der Waals surface area contributed by atoms with Crippen molar-refractivity contribution >= 4 is 23.3 Å². The van der Waals surface area contributed by atoms with E-state index in [2.05, 4.69) is 14.8 Å². The molecule has 0 saturated heterocycles. The minimum absolute atomic E-state index is 0.124. The van der Waals surface area contributed by atoms with Gasteiger partial charge in [-0.05, 0) is 12.5 Å². The van der Waals surface area contributed by atoms with Crippen molar-refractivity contribution in [3.63, 3.8) is 0 Å². The van der Waals surface area contributed by atoms with Crippen LogP contribution in [0.5, 0.6) is 5.75 Å². The number of methoxy groups -OCH3 is 1. The normalized spacial score (nSPS) is 11.7. The Kier molecular flexibility index (Phi) is 6.38. The van der Waals surface area contributed by atoms with Gasteiger partial charge in [-0.3, -0.25) is 10.1 Å². The monoisotopic (exact) mass is 348 g/mol. The van der Waals surface area contributed by atoms with Crippen LogP contribution in [0.2, 0.25) is 0 Å². The van der Waals surface area contributed by atoms with Gasteiger partial charge in [-0.2, -0.15) is 8.78 Å². The first kappa shape index (κ1) is 19.1. The fourth-order valence-corrected chi connectivity index (χ4v) is 1.85. The second kappa shape index (κ2) is 8.04. The molecule has 0 aliphatic heterocycles. The van der Waals surface area contributed by atoms with Gasteiger partial charge in [0.25, 0.3) is 5.69 Å². The van der Waals surface area contributed by atoms with Gasteiger partial charge in [0.1, 0.15) is 6.04 Å². The van der Waals surface area contributed by atoms with Crippen molar-refractivity contribution in [3.05, 3.63) is 27.8 Å². The molecule has 0 aliphatic carbocycles. The lowest BCUT2D eigenvalue weighted by atomic mass is 10.1. The van der Waals surface area contributed by atoms with Crippen molar-refractivity contribution in [2.24, 2.45) is 0 Å². The zero-order valence-corrected chi connectivity index (χ0v) is 12.6. The predicted octanol–water partition coefficient (Wildman–Crippen LogP) is 2.26. The summed E-state index contributed by atoms with van der Waals surface area (Å²) in [5, 5.41) is 22.5. The number of nitro benzene ring substituents is 1. The number of ether oxygens (including phenoxy) is 2. The van der Waals surface area contributed by atoms with Crippen LogP contribution < -0.4 is 10.1 Å². The largest absolute Gasteiger partial charge is 0.478 e. The second-order valence-electron chi connectivity index (χ2n) is 4.44. The number of hydrogen-bond acceptors (Lipinski definition) is 7. The fourth-order valence-electron chi connectivity index (χ4n) is 1.85. The first-order valence-electron chi connectivity index (χ1n) is 6.56. The smallest absolute Gasteiger partial charge is 0.387 e. The molecule has 1 unspecified atom stereocenters. The van der Waals surface area contributed by atoms with Crippen LogP contribution in [-0.4, -0.2) is 41.7 Å². The van der Waals surface area contributed by atoms with Gasteiger partial charge < -0.3 is 19.9 Å². The maximum Gasteiger partial charge on any atom is 0.387 e. The summed E-state index contributed by atoms with van der Waals surface area (Å²) < 4.78 is 33.8. The summed E-state index contributed by atoms with van der Waals surface area (Å²) in [5.41, 5.74) is -1.98. The Bertz CT molecular complexity index is 651. The summed E-state index contributed by atoms with van der Waals surface area (Å²) in [6, 6.07) is 0.297. The van der Waals surface area contributed by atoms with Crippen molar-refractivity contribution in [2.75, 3.05) is 12.4 Å². The highest BCUT2D eigenvalue weighted by Gasteiger charge is 2.28. The minimum Gasteiger partial charge on any atom is -0.478 e. The molecule has 11 heteroatoms. The van der Waals surface area contributed by atoms with Gasteiger partial charge in [-0.25, -0.2) is 9.59 Å². The van der Waals surface area contributed by atoms with Gasteiger partial charge >= 0.3 is 18.6 Å². The van der Waals surface area contributed by atoms with E-state index in [1.807, 2.05) is 0 Å². The second-order valence-corrected chi connectivity index (χ2v) is 4.44. The lowest BCUT2D eigenvalue weighted by Gasteiger charge is -2.19. The molecule has 0 fully saturated rings. The molecular formula is C13H14F2N2O7. The van der Waals surface area contributed by atoms with Gasteiger partial charge in [-0.15, -0.1) is 0 Å². The molecular weight excluding hydrogens is 334 g/mol. The maximum absolute atomic E-state index is 12.6. The molecule has 24 heavy (non-hydrogen) atoms. The first-order chi connectivity index (χ1) is 11.2. The Hall–Kier alpha value is -2.98. The Morgan fingerprint density at radius 3 is 2.46 bits per heavy atom. The molecule has 9 nitrogen and oxygen atoms in total. The van der Waals surface area contributed by atoms with E-state index in [9.17, 15) is 28.5 Å². The minimum atomic E-state index is -3.35. The van der Waals surface area contributed by atoms with E-state index in [0.29, 0.717) is 12.1 Å². The Morgan fingerprint density at radius 1 is 1.42 bits per heavy atom. The van der Waals surface area contributed by atoms with E-state index >= 15 is 0 Å². The highest BCUT2D eigenvalue weighted by Crippen LogP contribution is 2.37. The maximum atomic E-state index is 12.6. The Labute approximate surface area is 134 Å². The molecule has 1 aromatic carbocycles. The van der Waals surface area contributed by atoms with Crippen LogP contribution >= 0.6 is 0 Å². The van der Waals surface area contributed by atoms with Crippen LogP contribution in [0.4, 0.5) is 20.2 Å². The van der Waals surface area contributed by atoms with Gasteiger partial charge in [-0.1, -0.05) is 6.92 Å². The van der Waals surface area contributed by atoms with Crippen molar-refractivity contribution in [1.29, 1.82) is 0 Å². The number of esters is 1. The molecule has 0 saturated carbocycles. The number of rotatable bonds is 8. The number of alkyl halides is 2. The lowest BCUT2D eigenvalue weighted by Crippen LogP contribution is -2.30. The number of halogens is 2. The number of nitrogens with one attached hydrogen (secondary N) is 1. The molecule has 1 aromatic rings. The Morgan fingerprint density at radius 2 is 2.04 bits per heavy atom. The molecule has 0 heterocycles. The van der Waals surface area contributed by atoms with E-state index in [1.54, 1.807) is 6.92 Å². The summed E-state index contributed by atoms with van der Waals surface area (Å²) in [6.45, 7) is -1.80. The zero-order chi connectivity index (χ0) is 18.4. The number of aromatic carboxylic acids is 1. The molecule has 1 atom stereocenters. The molecule has 0 spiro atoms. The summed E-state index contributed by atoms with van der Waals surface area (Å²) in [5.74, 6) is -3.11. The number of benzene rings is 1. The van der Waals surface area contributed by atoms with Crippen LogP contribution in [0.1, 0.15) is 23.7 Å². The van der Waals surface area contributed by atoms with Crippen LogP contribution in [0.15, 0.2) is 12.1 Å². The summed E-state index contributed by atoms with van der Waals surface area (Å²) in [6.07, 6.45) is 0.124. The van der Waals surface area contributed by atoms with Crippen LogP contribution in [0, 0.1) is 10.1 Å². The molecule has 1 rings (SSSR count). The third kappa shape index (κ3) is 4.51. The van der Waals surface area contributed by atoms with Crippen molar-refractivity contribution in [2.45, 2.75) is 26.0 Å². The van der Waals surface area contributed by atoms with Gasteiger partial charge in [0.15, 0.2) is 11.4 Å². The molecule has 0 aromatic heterocycles. The molecule has 2 N–H and O–H groups in total. The van der Waals surface area contributed by atoms with Crippen molar-refractivity contribution in [1.82, 2.24) is 0 Å². The number of hydrogen-bond donors (Lipinski definition) is 2. The van der Waals surface area contributed by atoms with Crippen LogP contribution in [-0.2, 0) is 9.53 Å². The Balaban J connectivity index is 3.49. The molecule has 132 valence electrons. The third-order valence-corrected chi connectivity index (χ3v) is 2.95. The standard InChI is InChI=1S/C13H14F2N2O7/c1-3-7(12(20)23-2)16-10-8(17(21)22)4-6(11(18)19)5-9(10)24-13(14)15/h4-5,7,13,16H,3H2,1-2H3,(H,18,19). The van der Waals surface area contributed by atoms with Gasteiger partial charge in [0, 0.05) is 6.07 Å². The summed E-state index contributed by atoms with van der Waals surface area (Å²) in [4.78, 5) is 32.8. The van der Waals surface area contributed by atoms with Gasteiger partial charge in [0.2, 0.25) is 0 Å².